The van der Waals surface area contributed by atoms with Crippen molar-refractivity contribution in [1.82, 2.24) is 0 Å². The van der Waals surface area contributed by atoms with Crippen molar-refractivity contribution < 1.29 is 19.1 Å². The molecule has 0 N–H and O–H groups in total. The molecule has 0 aromatic heterocycles. The van der Waals surface area contributed by atoms with Crippen LogP contribution < -0.4 is 0 Å². The van der Waals surface area contributed by atoms with E-state index in [1.807, 2.05) is 20.8 Å². The molecule has 1 fully saturated rings. The van der Waals surface area contributed by atoms with E-state index in [1.165, 1.54) is 0 Å². The number of hydrogen-bond acceptors (Lipinski definition) is 4. The molecule has 4 nitrogen and oxygen atoms in total. The van der Waals surface area contributed by atoms with Crippen LogP contribution in [0.3, 0.4) is 0 Å². The second-order valence-electron chi connectivity index (χ2n) is 4.32. The molecule has 0 radical (unpaired) electrons. The average molecular weight is 186 g/mol. The lowest BCUT2D eigenvalue weighted by molar-refractivity contribution is -0.269. The zero-order chi connectivity index (χ0) is 10.3. The van der Waals surface area contributed by atoms with E-state index in [0.717, 1.165) is 0 Å². The molecular formula is C9H14O4. The van der Waals surface area contributed by atoms with Crippen LogP contribution in [0.25, 0.3) is 0 Å². The highest BCUT2D eigenvalue weighted by Crippen LogP contribution is 2.37. The first-order valence-corrected chi connectivity index (χ1v) is 4.18. The zero-order valence-electron chi connectivity index (χ0n) is 8.34. The van der Waals surface area contributed by atoms with Gasteiger partial charge in [-0.1, -0.05) is 20.8 Å². The lowest BCUT2D eigenvalue weighted by Gasteiger charge is -2.41. The molecule has 0 spiro atoms. The molecule has 0 unspecified atom stereocenters. The lowest BCUT2D eigenvalue weighted by Crippen LogP contribution is -2.51. The Morgan fingerprint density at radius 3 is 1.85 bits per heavy atom. The fraction of sp³-hybridized carbons (Fsp3) is 0.778. The van der Waals surface area contributed by atoms with Crippen molar-refractivity contribution in [2.75, 3.05) is 0 Å². The third-order valence-corrected chi connectivity index (χ3v) is 2.27. The fourth-order valence-corrected chi connectivity index (χ4v) is 0.951. The second-order valence-corrected chi connectivity index (χ2v) is 4.32. The van der Waals surface area contributed by atoms with E-state index in [-0.39, 0.29) is 6.42 Å². The summed E-state index contributed by atoms with van der Waals surface area (Å²) in [7, 11) is 0. The van der Waals surface area contributed by atoms with E-state index >= 15 is 0 Å². The molecule has 1 saturated heterocycles. The highest BCUT2D eigenvalue weighted by Gasteiger charge is 2.48. The molecular weight excluding hydrogens is 172 g/mol. The van der Waals surface area contributed by atoms with Crippen molar-refractivity contribution in [2.24, 2.45) is 5.41 Å². The summed E-state index contributed by atoms with van der Waals surface area (Å²) in [6.07, 6.45) is -0.286. The minimum Gasteiger partial charge on any atom is -0.422 e. The maximum atomic E-state index is 11.0. The molecule has 0 amide bonds. The number of hydrogen-bond donors (Lipinski definition) is 0. The first-order chi connectivity index (χ1) is 5.74. The van der Waals surface area contributed by atoms with Crippen molar-refractivity contribution in [2.45, 2.75) is 39.9 Å². The minimum absolute atomic E-state index is 0.286. The number of esters is 2. The third-order valence-electron chi connectivity index (χ3n) is 2.27. The SMILES string of the molecule is CC(C)(C)C1(C)OC(=O)CC(=O)O1. The minimum atomic E-state index is -1.14. The van der Waals surface area contributed by atoms with Crippen LogP contribution in [0.1, 0.15) is 34.1 Å². The molecule has 74 valence electrons. The summed E-state index contributed by atoms with van der Waals surface area (Å²) in [6.45, 7) is 7.14. The van der Waals surface area contributed by atoms with Gasteiger partial charge in [0.2, 0.25) is 0 Å². The van der Waals surface area contributed by atoms with Crippen LogP contribution >= 0.6 is 0 Å². The maximum Gasteiger partial charge on any atom is 0.320 e. The summed E-state index contributed by atoms with van der Waals surface area (Å²) >= 11 is 0. The lowest BCUT2D eigenvalue weighted by atomic mass is 9.86. The van der Waals surface area contributed by atoms with Crippen LogP contribution in [-0.2, 0) is 19.1 Å². The van der Waals surface area contributed by atoms with Crippen LogP contribution in [0.4, 0.5) is 0 Å². The van der Waals surface area contributed by atoms with Gasteiger partial charge in [-0.15, -0.1) is 0 Å². The van der Waals surface area contributed by atoms with Crippen LogP contribution in [0.2, 0.25) is 0 Å². The summed E-state index contributed by atoms with van der Waals surface area (Å²) in [6, 6.07) is 0. The Labute approximate surface area is 77.2 Å². The quantitative estimate of drug-likeness (QED) is 0.422. The molecule has 0 aromatic rings. The van der Waals surface area contributed by atoms with E-state index in [4.69, 9.17) is 9.47 Å². The number of carbonyl (C=O) groups excluding carboxylic acids is 2. The number of ether oxygens (including phenoxy) is 2. The largest absolute Gasteiger partial charge is 0.422 e. The predicted molar refractivity (Wildman–Crippen MR) is 44.7 cm³/mol. The number of rotatable bonds is 0. The normalized spacial score (nSPS) is 22.2. The first-order valence-electron chi connectivity index (χ1n) is 4.18. The maximum absolute atomic E-state index is 11.0. The van der Waals surface area contributed by atoms with E-state index in [9.17, 15) is 9.59 Å². The van der Waals surface area contributed by atoms with Gasteiger partial charge in [-0.25, -0.2) is 0 Å². The number of carbonyl (C=O) groups is 2. The second kappa shape index (κ2) is 2.72. The standard InChI is InChI=1S/C9H14O4/c1-8(2,3)9(4)12-6(10)5-7(11)13-9/h5H2,1-4H3. The monoisotopic (exact) mass is 186 g/mol. The molecule has 1 rings (SSSR count). The highest BCUT2D eigenvalue weighted by molar-refractivity contribution is 5.93. The predicted octanol–water partition coefficient (Wildman–Crippen LogP) is 1.24. The van der Waals surface area contributed by atoms with Gasteiger partial charge in [0.25, 0.3) is 5.79 Å². The molecule has 1 heterocycles. The molecule has 4 heteroatoms. The molecule has 0 aromatic carbocycles. The first kappa shape index (κ1) is 10.0. The van der Waals surface area contributed by atoms with Gasteiger partial charge >= 0.3 is 11.9 Å². The molecule has 0 saturated carbocycles. The molecule has 0 atom stereocenters. The van der Waals surface area contributed by atoms with Gasteiger partial charge in [-0.3, -0.25) is 9.59 Å². The Morgan fingerprint density at radius 2 is 1.54 bits per heavy atom. The Morgan fingerprint density at radius 1 is 1.15 bits per heavy atom. The van der Waals surface area contributed by atoms with Gasteiger partial charge in [0, 0.05) is 12.3 Å². The van der Waals surface area contributed by atoms with Gasteiger partial charge in [-0.2, -0.15) is 0 Å². The van der Waals surface area contributed by atoms with E-state index in [0.29, 0.717) is 0 Å². The van der Waals surface area contributed by atoms with Crippen molar-refractivity contribution in [3.8, 4) is 0 Å². The summed E-state index contributed by atoms with van der Waals surface area (Å²) < 4.78 is 10.1. The van der Waals surface area contributed by atoms with Gasteiger partial charge in [0.15, 0.2) is 0 Å². The summed E-state index contributed by atoms with van der Waals surface area (Å²) in [5.74, 6) is -2.18. The Hall–Kier alpha value is -1.06. The van der Waals surface area contributed by atoms with Crippen LogP contribution in [-0.4, -0.2) is 17.7 Å². The van der Waals surface area contributed by atoms with E-state index in [2.05, 4.69) is 0 Å². The van der Waals surface area contributed by atoms with Crippen molar-refractivity contribution >= 4 is 11.9 Å². The van der Waals surface area contributed by atoms with Crippen LogP contribution in [0, 0.1) is 5.41 Å². The van der Waals surface area contributed by atoms with Crippen LogP contribution in [0.5, 0.6) is 0 Å². The molecule has 1 aliphatic heterocycles. The average Bonchev–Trinajstić information content (AvgIpc) is 1.79. The van der Waals surface area contributed by atoms with Crippen molar-refractivity contribution in [3.63, 3.8) is 0 Å². The fourth-order valence-electron chi connectivity index (χ4n) is 0.951. The smallest absolute Gasteiger partial charge is 0.320 e. The molecule has 0 aliphatic carbocycles. The highest BCUT2D eigenvalue weighted by atomic mass is 16.7. The van der Waals surface area contributed by atoms with Crippen molar-refractivity contribution in [1.29, 1.82) is 0 Å². The molecule has 1 aliphatic rings. The summed E-state index contributed by atoms with van der Waals surface area (Å²) in [4.78, 5) is 22.0. The summed E-state index contributed by atoms with van der Waals surface area (Å²) in [5.41, 5.74) is -0.418. The molecule has 0 bridgehead atoms. The molecule has 13 heavy (non-hydrogen) atoms. The third kappa shape index (κ3) is 1.82. The Balaban J connectivity index is 2.91. The van der Waals surface area contributed by atoms with E-state index < -0.39 is 23.1 Å². The van der Waals surface area contributed by atoms with E-state index in [1.54, 1.807) is 6.92 Å². The Kier molecular flexibility index (Phi) is 2.10. The van der Waals surface area contributed by atoms with Gasteiger partial charge in [0.05, 0.1) is 0 Å². The zero-order valence-corrected chi connectivity index (χ0v) is 8.34. The van der Waals surface area contributed by atoms with Gasteiger partial charge < -0.3 is 9.47 Å². The number of cyclic esters (lactones) is 2. The topological polar surface area (TPSA) is 52.6 Å². The summed E-state index contributed by atoms with van der Waals surface area (Å²) in [5, 5.41) is 0. The van der Waals surface area contributed by atoms with Gasteiger partial charge in [0.1, 0.15) is 6.42 Å². The van der Waals surface area contributed by atoms with Crippen LogP contribution in [0.15, 0.2) is 0 Å². The van der Waals surface area contributed by atoms with Gasteiger partial charge in [-0.05, 0) is 0 Å². The van der Waals surface area contributed by atoms with Crippen molar-refractivity contribution in [3.05, 3.63) is 0 Å². The Bertz CT molecular complexity index is 233.